The van der Waals surface area contributed by atoms with E-state index >= 15 is 0 Å². The van der Waals surface area contributed by atoms with Gasteiger partial charge in [0.05, 0.1) is 32.6 Å². The Bertz CT molecular complexity index is 1050. The fraction of sp³-hybridized carbons (Fsp3) is 0.348. The van der Waals surface area contributed by atoms with E-state index < -0.39 is 34.5 Å². The van der Waals surface area contributed by atoms with Crippen LogP contribution in [0.2, 0.25) is 0 Å². The van der Waals surface area contributed by atoms with Crippen LogP contribution in [0.3, 0.4) is 0 Å². The van der Waals surface area contributed by atoms with E-state index in [0.29, 0.717) is 12.4 Å². The Morgan fingerprint density at radius 2 is 1.81 bits per heavy atom. The van der Waals surface area contributed by atoms with Gasteiger partial charge in [-0.3, -0.25) is 4.90 Å². The number of methoxy groups -OCH3 is 1. The summed E-state index contributed by atoms with van der Waals surface area (Å²) in [7, 11) is -2.30. The predicted molar refractivity (Wildman–Crippen MR) is 117 cm³/mol. The van der Waals surface area contributed by atoms with Gasteiger partial charge in [0, 0.05) is 6.54 Å². The fourth-order valence-corrected chi connectivity index (χ4v) is 3.91. The van der Waals surface area contributed by atoms with Crippen LogP contribution >= 0.6 is 0 Å². The Hall–Kier alpha value is -3.06. The fourth-order valence-electron chi connectivity index (χ4n) is 3.37. The molecule has 9 heteroatoms. The second-order valence-corrected chi connectivity index (χ2v) is 8.88. The van der Waals surface area contributed by atoms with E-state index in [9.17, 15) is 13.2 Å². The summed E-state index contributed by atoms with van der Waals surface area (Å²) in [5.74, 6) is 2.97. The number of carbonyl (C=O) groups is 1. The molecule has 0 radical (unpaired) electrons. The minimum absolute atomic E-state index is 0.0761. The summed E-state index contributed by atoms with van der Waals surface area (Å²) in [6.45, 7) is 0.601. The van der Waals surface area contributed by atoms with E-state index in [-0.39, 0.29) is 13.2 Å². The average molecular weight is 460 g/mol. The number of ether oxygens (including phenoxy) is 3. The van der Waals surface area contributed by atoms with Crippen LogP contribution in [0.1, 0.15) is 11.1 Å². The maximum absolute atomic E-state index is 12.7. The van der Waals surface area contributed by atoms with E-state index in [1.54, 1.807) is 19.2 Å². The molecule has 0 saturated carbocycles. The first kappa shape index (κ1) is 23.6. The van der Waals surface area contributed by atoms with E-state index in [2.05, 4.69) is 5.92 Å². The van der Waals surface area contributed by atoms with Crippen molar-refractivity contribution in [3.05, 3.63) is 65.7 Å². The minimum atomic E-state index is -3.87. The number of terminal acetylenes is 1. The number of benzene rings is 2. The lowest BCUT2D eigenvalue weighted by Gasteiger charge is -2.26. The van der Waals surface area contributed by atoms with Crippen molar-refractivity contribution in [2.75, 3.05) is 20.0 Å². The zero-order valence-corrected chi connectivity index (χ0v) is 18.7. The van der Waals surface area contributed by atoms with Crippen LogP contribution in [0.4, 0.5) is 4.79 Å². The smallest absolute Gasteiger partial charge is 0.411 e. The van der Waals surface area contributed by atoms with Crippen LogP contribution in [0.15, 0.2) is 54.6 Å². The maximum Gasteiger partial charge on any atom is 0.411 e. The van der Waals surface area contributed by atoms with Gasteiger partial charge in [-0.25, -0.2) is 8.98 Å². The molecule has 0 N–H and O–H groups in total. The summed E-state index contributed by atoms with van der Waals surface area (Å²) in [5.41, 5.74) is 1.79. The molecular formula is C23H25NO7S. The molecule has 2 aromatic carbocycles. The third-order valence-electron chi connectivity index (χ3n) is 4.90. The molecule has 1 aliphatic rings. The summed E-state index contributed by atoms with van der Waals surface area (Å²) >= 11 is 0. The largest absolute Gasteiger partial charge is 0.497 e. The van der Waals surface area contributed by atoms with Gasteiger partial charge in [-0.1, -0.05) is 48.4 Å². The SMILES string of the molecule is C#C[C@@H](OS(C)(=O)=O)[C@H]1OC(=O)N(Cc2ccc(OC)cc2)[C@H]1COCc1ccccc1. The van der Waals surface area contributed by atoms with Gasteiger partial charge < -0.3 is 14.2 Å². The van der Waals surface area contributed by atoms with E-state index in [4.69, 9.17) is 24.8 Å². The lowest BCUT2D eigenvalue weighted by Crippen LogP contribution is -2.45. The predicted octanol–water partition coefficient (Wildman–Crippen LogP) is 2.58. The lowest BCUT2D eigenvalue weighted by molar-refractivity contribution is 0.0220. The van der Waals surface area contributed by atoms with Crippen LogP contribution in [0.5, 0.6) is 5.75 Å². The van der Waals surface area contributed by atoms with Gasteiger partial charge in [-0.05, 0) is 23.3 Å². The minimum Gasteiger partial charge on any atom is -0.497 e. The van der Waals surface area contributed by atoms with Gasteiger partial charge >= 0.3 is 6.09 Å². The quantitative estimate of drug-likeness (QED) is 0.398. The van der Waals surface area contributed by atoms with Gasteiger partial charge in [0.15, 0.2) is 12.2 Å². The molecule has 1 aliphatic heterocycles. The normalized spacial score (nSPS) is 19.3. The molecule has 2 aromatic rings. The molecule has 0 aliphatic carbocycles. The highest BCUT2D eigenvalue weighted by Gasteiger charge is 2.47. The molecule has 3 atom stereocenters. The lowest BCUT2D eigenvalue weighted by atomic mass is 10.1. The molecule has 1 amide bonds. The molecule has 0 aromatic heterocycles. The number of rotatable bonds is 10. The first-order valence-corrected chi connectivity index (χ1v) is 11.7. The van der Waals surface area contributed by atoms with Gasteiger partial charge in [0.2, 0.25) is 0 Å². The molecule has 0 bridgehead atoms. The number of amides is 1. The van der Waals surface area contributed by atoms with Crippen LogP contribution < -0.4 is 4.74 Å². The molecule has 8 nitrogen and oxygen atoms in total. The highest BCUT2D eigenvalue weighted by molar-refractivity contribution is 7.86. The molecule has 1 fully saturated rings. The first-order valence-electron chi connectivity index (χ1n) is 9.87. The number of cyclic esters (lactones) is 1. The van der Waals surface area contributed by atoms with Crippen molar-refractivity contribution in [2.24, 2.45) is 0 Å². The van der Waals surface area contributed by atoms with E-state index in [1.807, 2.05) is 42.5 Å². The van der Waals surface area contributed by atoms with Crippen molar-refractivity contribution >= 4 is 16.2 Å². The Morgan fingerprint density at radius 1 is 1.12 bits per heavy atom. The Kier molecular flexibility index (Phi) is 7.75. The molecule has 0 unspecified atom stereocenters. The molecular weight excluding hydrogens is 434 g/mol. The molecule has 32 heavy (non-hydrogen) atoms. The van der Waals surface area contributed by atoms with Crippen molar-refractivity contribution in [3.63, 3.8) is 0 Å². The van der Waals surface area contributed by atoms with E-state index in [1.165, 1.54) is 4.90 Å². The number of hydrogen-bond acceptors (Lipinski definition) is 7. The van der Waals surface area contributed by atoms with Crippen molar-refractivity contribution in [2.45, 2.75) is 31.4 Å². The average Bonchev–Trinajstić information content (AvgIpc) is 3.08. The Balaban J connectivity index is 1.80. The van der Waals surface area contributed by atoms with Gasteiger partial charge in [-0.2, -0.15) is 8.42 Å². The highest BCUT2D eigenvalue weighted by Crippen LogP contribution is 2.27. The molecule has 1 heterocycles. The molecule has 170 valence electrons. The summed E-state index contributed by atoms with van der Waals surface area (Å²) in [5, 5.41) is 0. The van der Waals surface area contributed by atoms with Crippen LogP contribution in [-0.2, 0) is 36.9 Å². The summed E-state index contributed by atoms with van der Waals surface area (Å²) in [6.07, 6.45) is 3.48. The van der Waals surface area contributed by atoms with Gasteiger partial charge in [-0.15, -0.1) is 6.42 Å². The number of nitrogens with zero attached hydrogens (tertiary/aromatic N) is 1. The van der Waals surface area contributed by atoms with Crippen LogP contribution in [0, 0.1) is 12.3 Å². The highest BCUT2D eigenvalue weighted by atomic mass is 32.2. The Labute approximate surface area is 188 Å². The third-order valence-corrected chi connectivity index (χ3v) is 5.46. The second-order valence-electron chi connectivity index (χ2n) is 7.28. The zero-order valence-electron chi connectivity index (χ0n) is 17.8. The second kappa shape index (κ2) is 10.5. The van der Waals surface area contributed by atoms with Gasteiger partial charge in [0.1, 0.15) is 5.75 Å². The topological polar surface area (TPSA) is 91.4 Å². The summed E-state index contributed by atoms with van der Waals surface area (Å²) in [6, 6.07) is 16.1. The Morgan fingerprint density at radius 3 is 2.41 bits per heavy atom. The van der Waals surface area contributed by atoms with Crippen molar-refractivity contribution in [1.29, 1.82) is 0 Å². The summed E-state index contributed by atoms with van der Waals surface area (Å²) < 4.78 is 44.8. The molecule has 3 rings (SSSR count). The number of carbonyl (C=O) groups excluding carboxylic acids is 1. The van der Waals surface area contributed by atoms with Crippen molar-refractivity contribution < 1.29 is 31.6 Å². The van der Waals surface area contributed by atoms with Crippen molar-refractivity contribution in [3.8, 4) is 18.1 Å². The van der Waals surface area contributed by atoms with Crippen molar-refractivity contribution in [1.82, 2.24) is 4.90 Å². The first-order chi connectivity index (χ1) is 15.3. The summed E-state index contributed by atoms with van der Waals surface area (Å²) in [4.78, 5) is 14.2. The zero-order chi connectivity index (χ0) is 23.1. The number of hydrogen-bond donors (Lipinski definition) is 0. The van der Waals surface area contributed by atoms with Gasteiger partial charge in [0.25, 0.3) is 10.1 Å². The molecule has 1 saturated heterocycles. The third kappa shape index (κ3) is 6.23. The maximum atomic E-state index is 12.7. The monoisotopic (exact) mass is 459 g/mol. The van der Waals surface area contributed by atoms with E-state index in [0.717, 1.165) is 17.4 Å². The standard InChI is InChI=1S/C23H25NO7S/c1-4-21(31-32(3,26)27)22-20(16-29-15-18-8-6-5-7-9-18)24(23(25)30-22)14-17-10-12-19(28-2)13-11-17/h1,5-13,20-22H,14-16H2,2-3H3/t20-,21+,22-/m0/s1. The molecule has 0 spiro atoms. The van der Waals surface area contributed by atoms with Crippen LogP contribution in [-0.4, -0.2) is 57.6 Å². The van der Waals surface area contributed by atoms with Crippen LogP contribution in [0.25, 0.3) is 0 Å².